The van der Waals surface area contributed by atoms with Gasteiger partial charge in [0.2, 0.25) is 5.91 Å². The highest BCUT2D eigenvalue weighted by Gasteiger charge is 2.30. The number of hydrogen-bond acceptors (Lipinski definition) is 4. The second kappa shape index (κ2) is 5.53. The SMILES string of the molecule is CCOC(=O)c1ccc(N2CC(C#N)CC2=O)cc1. The van der Waals surface area contributed by atoms with Crippen LogP contribution in [-0.4, -0.2) is 25.0 Å². The van der Waals surface area contributed by atoms with Crippen molar-refractivity contribution in [2.45, 2.75) is 13.3 Å². The van der Waals surface area contributed by atoms with Crippen molar-refractivity contribution in [2.24, 2.45) is 5.92 Å². The Morgan fingerprint density at radius 3 is 2.68 bits per heavy atom. The number of amides is 1. The Kier molecular flexibility index (Phi) is 3.81. The highest BCUT2D eigenvalue weighted by molar-refractivity contribution is 5.97. The van der Waals surface area contributed by atoms with Gasteiger partial charge < -0.3 is 9.64 Å². The average Bonchev–Trinajstić information content (AvgIpc) is 2.80. The van der Waals surface area contributed by atoms with E-state index in [-0.39, 0.29) is 24.2 Å². The van der Waals surface area contributed by atoms with Gasteiger partial charge in [-0.3, -0.25) is 4.79 Å². The molecule has 1 saturated heterocycles. The molecule has 1 fully saturated rings. The third-order valence-electron chi connectivity index (χ3n) is 3.00. The number of nitriles is 1. The Morgan fingerprint density at radius 2 is 2.16 bits per heavy atom. The quantitative estimate of drug-likeness (QED) is 0.774. The Balaban J connectivity index is 2.13. The Bertz CT molecular complexity index is 531. The lowest BCUT2D eigenvalue weighted by molar-refractivity contribution is -0.117. The van der Waals surface area contributed by atoms with Crippen LogP contribution in [0.25, 0.3) is 0 Å². The molecule has 1 heterocycles. The number of hydrogen-bond donors (Lipinski definition) is 0. The zero-order valence-electron chi connectivity index (χ0n) is 10.6. The summed E-state index contributed by atoms with van der Waals surface area (Å²) in [7, 11) is 0. The predicted molar refractivity (Wildman–Crippen MR) is 68.5 cm³/mol. The zero-order chi connectivity index (χ0) is 13.8. The molecule has 1 aromatic carbocycles. The molecule has 0 aliphatic carbocycles. The summed E-state index contributed by atoms with van der Waals surface area (Å²) in [5.41, 5.74) is 1.16. The average molecular weight is 258 g/mol. The van der Waals surface area contributed by atoms with Gasteiger partial charge >= 0.3 is 5.97 Å². The van der Waals surface area contributed by atoms with E-state index < -0.39 is 0 Å². The van der Waals surface area contributed by atoms with E-state index in [0.29, 0.717) is 24.4 Å². The van der Waals surface area contributed by atoms with Crippen molar-refractivity contribution < 1.29 is 14.3 Å². The summed E-state index contributed by atoms with van der Waals surface area (Å²) in [6, 6.07) is 8.75. The normalized spacial score (nSPS) is 18.2. The Hall–Kier alpha value is -2.35. The van der Waals surface area contributed by atoms with Crippen molar-refractivity contribution in [3.05, 3.63) is 29.8 Å². The molecule has 1 unspecified atom stereocenters. The fourth-order valence-corrected chi connectivity index (χ4v) is 2.04. The van der Waals surface area contributed by atoms with Crippen molar-refractivity contribution in [2.75, 3.05) is 18.1 Å². The van der Waals surface area contributed by atoms with Crippen LogP contribution in [0.15, 0.2) is 24.3 Å². The summed E-state index contributed by atoms with van der Waals surface area (Å²) in [5, 5.41) is 8.83. The standard InChI is InChI=1S/C14H14N2O3/c1-2-19-14(18)11-3-5-12(6-4-11)16-9-10(8-15)7-13(16)17/h3-6,10H,2,7,9H2,1H3. The molecule has 1 amide bonds. The van der Waals surface area contributed by atoms with Gasteiger partial charge in [0.1, 0.15) is 0 Å². The molecule has 1 aliphatic heterocycles. The molecule has 5 heteroatoms. The van der Waals surface area contributed by atoms with E-state index in [0.717, 1.165) is 0 Å². The fraction of sp³-hybridized carbons (Fsp3) is 0.357. The van der Waals surface area contributed by atoms with Gasteiger partial charge in [-0.05, 0) is 31.2 Å². The maximum atomic E-state index is 11.7. The topological polar surface area (TPSA) is 70.4 Å². The summed E-state index contributed by atoms with van der Waals surface area (Å²) < 4.78 is 4.89. The van der Waals surface area contributed by atoms with Gasteiger partial charge in [0.25, 0.3) is 0 Å². The second-order valence-electron chi connectivity index (χ2n) is 4.30. The molecule has 1 aliphatic rings. The minimum absolute atomic E-state index is 0.0598. The third kappa shape index (κ3) is 2.74. The summed E-state index contributed by atoms with van der Waals surface area (Å²) in [6.07, 6.45) is 0.260. The van der Waals surface area contributed by atoms with E-state index in [1.165, 1.54) is 0 Å². The molecular weight excluding hydrogens is 244 g/mol. The van der Waals surface area contributed by atoms with Crippen LogP contribution in [0.3, 0.4) is 0 Å². The van der Waals surface area contributed by atoms with Gasteiger partial charge in [-0.2, -0.15) is 5.26 Å². The molecule has 2 rings (SSSR count). The smallest absolute Gasteiger partial charge is 0.338 e. The van der Waals surface area contributed by atoms with Crippen molar-refractivity contribution >= 4 is 17.6 Å². The minimum Gasteiger partial charge on any atom is -0.462 e. The molecule has 0 bridgehead atoms. The summed E-state index contributed by atoms with van der Waals surface area (Å²) in [6.45, 7) is 2.49. The number of esters is 1. The van der Waals surface area contributed by atoms with Crippen LogP contribution in [0.1, 0.15) is 23.7 Å². The number of rotatable bonds is 3. The van der Waals surface area contributed by atoms with Crippen LogP contribution in [0, 0.1) is 17.2 Å². The summed E-state index contributed by atoms with van der Waals surface area (Å²) in [4.78, 5) is 24.8. The molecule has 19 heavy (non-hydrogen) atoms. The Morgan fingerprint density at radius 1 is 1.47 bits per heavy atom. The van der Waals surface area contributed by atoms with Crippen molar-refractivity contribution in [1.29, 1.82) is 5.26 Å². The molecule has 0 saturated carbocycles. The molecule has 5 nitrogen and oxygen atoms in total. The van der Waals surface area contributed by atoms with Crippen LogP contribution in [0.5, 0.6) is 0 Å². The van der Waals surface area contributed by atoms with Crippen LogP contribution >= 0.6 is 0 Å². The number of ether oxygens (including phenoxy) is 1. The molecule has 0 aromatic heterocycles. The van der Waals surface area contributed by atoms with Crippen LogP contribution in [0.2, 0.25) is 0 Å². The molecule has 98 valence electrons. The number of carbonyl (C=O) groups excluding carboxylic acids is 2. The number of anilines is 1. The zero-order valence-corrected chi connectivity index (χ0v) is 10.6. The monoisotopic (exact) mass is 258 g/mol. The maximum absolute atomic E-state index is 11.7. The number of nitrogens with zero attached hydrogens (tertiary/aromatic N) is 2. The van der Waals surface area contributed by atoms with E-state index in [1.54, 1.807) is 36.1 Å². The largest absolute Gasteiger partial charge is 0.462 e. The first-order chi connectivity index (χ1) is 9.15. The first-order valence-corrected chi connectivity index (χ1v) is 6.13. The summed E-state index contributed by atoms with van der Waals surface area (Å²) in [5.74, 6) is -0.690. The molecular formula is C14H14N2O3. The van der Waals surface area contributed by atoms with Gasteiger partial charge in [-0.15, -0.1) is 0 Å². The first kappa shape index (κ1) is 13.1. The lowest BCUT2D eigenvalue weighted by atomic mass is 10.1. The van der Waals surface area contributed by atoms with E-state index in [4.69, 9.17) is 10.00 Å². The van der Waals surface area contributed by atoms with Gasteiger partial charge in [0.05, 0.1) is 24.2 Å². The molecule has 0 radical (unpaired) electrons. The third-order valence-corrected chi connectivity index (χ3v) is 3.00. The van der Waals surface area contributed by atoms with Gasteiger partial charge in [-0.1, -0.05) is 0 Å². The predicted octanol–water partition coefficient (Wildman–Crippen LogP) is 1.74. The van der Waals surface area contributed by atoms with Crippen LogP contribution in [-0.2, 0) is 9.53 Å². The highest BCUT2D eigenvalue weighted by atomic mass is 16.5. The van der Waals surface area contributed by atoms with Gasteiger partial charge in [0.15, 0.2) is 0 Å². The van der Waals surface area contributed by atoms with E-state index in [1.807, 2.05) is 0 Å². The maximum Gasteiger partial charge on any atom is 0.338 e. The second-order valence-corrected chi connectivity index (χ2v) is 4.30. The number of benzene rings is 1. The van der Waals surface area contributed by atoms with Crippen molar-refractivity contribution in [1.82, 2.24) is 0 Å². The lowest BCUT2D eigenvalue weighted by Gasteiger charge is -2.15. The van der Waals surface area contributed by atoms with Crippen molar-refractivity contribution in [3.8, 4) is 6.07 Å². The van der Waals surface area contributed by atoms with E-state index >= 15 is 0 Å². The van der Waals surface area contributed by atoms with Crippen molar-refractivity contribution in [3.63, 3.8) is 0 Å². The summed E-state index contributed by atoms with van der Waals surface area (Å²) >= 11 is 0. The lowest BCUT2D eigenvalue weighted by Crippen LogP contribution is -2.24. The van der Waals surface area contributed by atoms with E-state index in [2.05, 4.69) is 6.07 Å². The number of carbonyl (C=O) groups is 2. The molecule has 0 N–H and O–H groups in total. The molecule has 0 spiro atoms. The van der Waals surface area contributed by atoms with Crippen LogP contribution < -0.4 is 4.90 Å². The Labute approximate surface area is 111 Å². The molecule has 1 atom stereocenters. The van der Waals surface area contributed by atoms with Crippen LogP contribution in [0.4, 0.5) is 5.69 Å². The minimum atomic E-state index is -0.378. The molecule has 1 aromatic rings. The van der Waals surface area contributed by atoms with Gasteiger partial charge in [0, 0.05) is 18.7 Å². The first-order valence-electron chi connectivity index (χ1n) is 6.13. The fourth-order valence-electron chi connectivity index (χ4n) is 2.04. The highest BCUT2D eigenvalue weighted by Crippen LogP contribution is 2.25. The van der Waals surface area contributed by atoms with Gasteiger partial charge in [-0.25, -0.2) is 4.79 Å². The van der Waals surface area contributed by atoms with E-state index in [9.17, 15) is 9.59 Å².